The number of pyridine rings is 1. The van der Waals surface area contributed by atoms with Gasteiger partial charge in [-0.2, -0.15) is 0 Å². The van der Waals surface area contributed by atoms with Crippen LogP contribution in [0.3, 0.4) is 0 Å². The summed E-state index contributed by atoms with van der Waals surface area (Å²) >= 11 is 1.52. The van der Waals surface area contributed by atoms with Crippen molar-refractivity contribution in [1.82, 2.24) is 15.2 Å². The van der Waals surface area contributed by atoms with E-state index < -0.39 is 0 Å². The third kappa shape index (κ3) is 5.33. The summed E-state index contributed by atoms with van der Waals surface area (Å²) in [6.45, 7) is 1.86. The Morgan fingerprint density at radius 1 is 1.08 bits per heavy atom. The lowest BCUT2D eigenvalue weighted by Crippen LogP contribution is -2.43. The molecule has 0 bridgehead atoms. The molecule has 1 N–H and O–H groups in total. The van der Waals surface area contributed by atoms with E-state index in [0.717, 1.165) is 23.3 Å². The van der Waals surface area contributed by atoms with Crippen LogP contribution in [-0.2, 0) is 16.1 Å². The zero-order valence-corrected chi connectivity index (χ0v) is 15.5. The lowest BCUT2D eigenvalue weighted by Gasteiger charge is -2.31. The molecule has 1 aromatic heterocycles. The smallest absolute Gasteiger partial charge is 0.232 e. The van der Waals surface area contributed by atoms with Gasteiger partial charge in [0.2, 0.25) is 11.8 Å². The number of nitrogens with one attached hydrogen (secondary N) is 1. The molecule has 0 spiro atoms. The third-order valence-corrected chi connectivity index (χ3v) is 5.54. The fourth-order valence-electron chi connectivity index (χ4n) is 2.99. The first kappa shape index (κ1) is 18.5. The summed E-state index contributed by atoms with van der Waals surface area (Å²) in [5.41, 5.74) is 1.10. The number of rotatable bonds is 6. The highest BCUT2D eigenvalue weighted by Crippen LogP contribution is 2.21. The average Bonchev–Trinajstić information content (AvgIpc) is 2.72. The van der Waals surface area contributed by atoms with Crippen molar-refractivity contribution in [3.8, 4) is 0 Å². The van der Waals surface area contributed by atoms with Crippen molar-refractivity contribution in [1.29, 1.82) is 0 Å². The number of hydrogen-bond acceptors (Lipinski definition) is 4. The maximum absolute atomic E-state index is 12.3. The summed E-state index contributed by atoms with van der Waals surface area (Å²) in [4.78, 5) is 31.6. The van der Waals surface area contributed by atoms with Crippen LogP contribution in [0, 0.1) is 5.92 Å². The van der Waals surface area contributed by atoms with Crippen LogP contribution in [0.5, 0.6) is 0 Å². The molecule has 136 valence electrons. The lowest BCUT2D eigenvalue weighted by molar-refractivity contribution is -0.133. The van der Waals surface area contributed by atoms with Gasteiger partial charge in [0.05, 0.1) is 5.75 Å². The summed E-state index contributed by atoms with van der Waals surface area (Å²) in [6.07, 6.45) is 4.91. The minimum Gasteiger partial charge on any atom is -0.352 e. The van der Waals surface area contributed by atoms with Gasteiger partial charge in [0, 0.05) is 42.8 Å². The minimum absolute atomic E-state index is 0.00406. The van der Waals surface area contributed by atoms with Crippen molar-refractivity contribution < 1.29 is 9.59 Å². The second-order valence-electron chi connectivity index (χ2n) is 6.33. The molecule has 3 rings (SSSR count). The van der Waals surface area contributed by atoms with E-state index in [1.165, 1.54) is 11.8 Å². The van der Waals surface area contributed by atoms with Gasteiger partial charge in [-0.3, -0.25) is 14.6 Å². The first-order chi connectivity index (χ1) is 12.7. The Morgan fingerprint density at radius 3 is 2.46 bits per heavy atom. The fraction of sp³-hybridized carbons (Fsp3) is 0.350. The highest BCUT2D eigenvalue weighted by atomic mass is 32.2. The van der Waals surface area contributed by atoms with Gasteiger partial charge >= 0.3 is 0 Å². The van der Waals surface area contributed by atoms with Gasteiger partial charge in [-0.15, -0.1) is 11.8 Å². The first-order valence-electron chi connectivity index (χ1n) is 8.84. The molecule has 1 fully saturated rings. The summed E-state index contributed by atoms with van der Waals surface area (Å²) in [5.74, 6) is 0.646. The van der Waals surface area contributed by atoms with Crippen molar-refractivity contribution in [3.05, 3.63) is 60.4 Å². The highest BCUT2D eigenvalue weighted by Gasteiger charge is 2.27. The number of thioether (sulfide) groups is 1. The van der Waals surface area contributed by atoms with Crippen molar-refractivity contribution in [2.75, 3.05) is 18.8 Å². The number of carbonyl (C=O) groups excluding carboxylic acids is 2. The lowest BCUT2D eigenvalue weighted by atomic mass is 9.96. The molecular weight excluding hydrogens is 346 g/mol. The fourth-order valence-corrected chi connectivity index (χ4v) is 3.78. The Labute approximate surface area is 158 Å². The molecule has 5 nitrogen and oxygen atoms in total. The van der Waals surface area contributed by atoms with Crippen LogP contribution in [0.2, 0.25) is 0 Å². The molecule has 2 aromatic rings. The monoisotopic (exact) mass is 369 g/mol. The number of benzene rings is 1. The maximum atomic E-state index is 12.3. The van der Waals surface area contributed by atoms with Crippen molar-refractivity contribution in [2.45, 2.75) is 24.3 Å². The van der Waals surface area contributed by atoms with E-state index in [2.05, 4.69) is 10.3 Å². The van der Waals surface area contributed by atoms with Gasteiger partial charge in [0.1, 0.15) is 0 Å². The van der Waals surface area contributed by atoms with Crippen LogP contribution < -0.4 is 5.32 Å². The third-order valence-electron chi connectivity index (χ3n) is 4.54. The van der Waals surface area contributed by atoms with Crippen LogP contribution in [0.15, 0.2) is 59.8 Å². The van der Waals surface area contributed by atoms with E-state index >= 15 is 0 Å². The van der Waals surface area contributed by atoms with Gasteiger partial charge in [0.25, 0.3) is 0 Å². The van der Waals surface area contributed by atoms with E-state index in [-0.39, 0.29) is 17.7 Å². The van der Waals surface area contributed by atoms with Crippen LogP contribution in [-0.4, -0.2) is 40.5 Å². The standard InChI is InChI=1S/C20H23N3O2S/c24-19(15-26-18-6-10-21-11-7-18)23-12-8-17(9-13-23)20(25)22-14-16-4-2-1-3-5-16/h1-7,10-11,17H,8-9,12-15H2,(H,22,25). The predicted molar refractivity (Wildman–Crippen MR) is 103 cm³/mol. The Bertz CT molecular complexity index is 653. The molecule has 1 saturated heterocycles. The second kappa shape index (κ2) is 9.38. The molecule has 0 saturated carbocycles. The van der Waals surface area contributed by atoms with E-state index in [0.29, 0.717) is 25.4 Å². The number of carbonyl (C=O) groups is 2. The second-order valence-corrected chi connectivity index (χ2v) is 7.38. The molecule has 0 radical (unpaired) electrons. The van der Waals surface area contributed by atoms with Crippen molar-refractivity contribution >= 4 is 23.6 Å². The van der Waals surface area contributed by atoms with E-state index in [1.54, 1.807) is 12.4 Å². The van der Waals surface area contributed by atoms with Gasteiger partial charge in [-0.1, -0.05) is 30.3 Å². The molecule has 0 unspecified atom stereocenters. The molecule has 6 heteroatoms. The zero-order valence-electron chi connectivity index (χ0n) is 14.6. The average molecular weight is 369 g/mol. The number of likely N-dealkylation sites (tertiary alicyclic amines) is 1. The van der Waals surface area contributed by atoms with Crippen LogP contribution in [0.4, 0.5) is 0 Å². The van der Waals surface area contributed by atoms with E-state index in [4.69, 9.17) is 0 Å². The summed E-state index contributed by atoms with van der Waals surface area (Å²) in [6, 6.07) is 13.7. The molecule has 2 heterocycles. The maximum Gasteiger partial charge on any atom is 0.232 e. The van der Waals surface area contributed by atoms with Crippen molar-refractivity contribution in [3.63, 3.8) is 0 Å². The van der Waals surface area contributed by atoms with Gasteiger partial charge < -0.3 is 10.2 Å². The quantitative estimate of drug-likeness (QED) is 0.796. The van der Waals surface area contributed by atoms with Gasteiger partial charge in [0.15, 0.2) is 0 Å². The summed E-state index contributed by atoms with van der Waals surface area (Å²) in [5, 5.41) is 3.01. The minimum atomic E-state index is -0.00406. The number of nitrogens with zero attached hydrogens (tertiary/aromatic N) is 2. The number of aromatic nitrogens is 1. The topological polar surface area (TPSA) is 62.3 Å². The number of amides is 2. The molecule has 1 aliphatic rings. The Morgan fingerprint density at radius 2 is 1.77 bits per heavy atom. The Balaban J connectivity index is 1.39. The first-order valence-corrected chi connectivity index (χ1v) is 9.83. The normalized spacial score (nSPS) is 14.8. The summed E-state index contributed by atoms with van der Waals surface area (Å²) < 4.78 is 0. The number of piperidine rings is 1. The molecular formula is C20H23N3O2S. The highest BCUT2D eigenvalue weighted by molar-refractivity contribution is 8.00. The molecule has 1 aromatic carbocycles. The van der Waals surface area contributed by atoms with Gasteiger partial charge in [-0.25, -0.2) is 0 Å². The predicted octanol–water partition coefficient (Wildman–Crippen LogP) is 2.73. The Hall–Kier alpha value is -2.34. The summed E-state index contributed by atoms with van der Waals surface area (Å²) in [7, 11) is 0. The van der Waals surface area contributed by atoms with Crippen LogP contribution in [0.1, 0.15) is 18.4 Å². The SMILES string of the molecule is O=C(NCc1ccccc1)C1CCN(C(=O)CSc2ccncc2)CC1. The molecule has 1 aliphatic heterocycles. The molecule has 26 heavy (non-hydrogen) atoms. The van der Waals surface area contributed by atoms with Crippen LogP contribution in [0.25, 0.3) is 0 Å². The van der Waals surface area contributed by atoms with E-state index in [1.807, 2.05) is 47.4 Å². The molecule has 0 aliphatic carbocycles. The molecule has 2 amide bonds. The van der Waals surface area contributed by atoms with Crippen molar-refractivity contribution in [2.24, 2.45) is 5.92 Å². The molecule has 0 atom stereocenters. The van der Waals surface area contributed by atoms with Crippen LogP contribution >= 0.6 is 11.8 Å². The zero-order chi connectivity index (χ0) is 18.2. The largest absolute Gasteiger partial charge is 0.352 e. The Kier molecular flexibility index (Phi) is 6.66. The van der Waals surface area contributed by atoms with Gasteiger partial charge in [-0.05, 0) is 30.5 Å². The number of hydrogen-bond donors (Lipinski definition) is 1. The van der Waals surface area contributed by atoms with E-state index in [9.17, 15) is 9.59 Å².